The fraction of sp³-hybridized carbons (Fsp3) is 0.0980. The van der Waals surface area contributed by atoms with Crippen LogP contribution in [-0.4, -0.2) is 4.57 Å². The highest BCUT2D eigenvalue weighted by Crippen LogP contribution is 2.56. The highest BCUT2D eigenvalue weighted by Gasteiger charge is 2.38. The summed E-state index contributed by atoms with van der Waals surface area (Å²) in [6.45, 7) is 7.94. The average Bonchev–Trinajstić information content (AvgIpc) is 3.66. The molecule has 1 aromatic heterocycles. The molecular formula is C51H41N3. The van der Waals surface area contributed by atoms with E-state index < -0.39 is 0 Å². The zero-order valence-electron chi connectivity index (χ0n) is 30.9. The Morgan fingerprint density at radius 1 is 0.426 bits per heavy atom. The molecule has 0 fully saturated rings. The Hall–Kier alpha value is -6.58. The summed E-state index contributed by atoms with van der Waals surface area (Å²) >= 11 is 0. The number of nitrogens with zero attached hydrogens (tertiary/aromatic N) is 3. The number of hydrogen-bond donors (Lipinski definition) is 0. The summed E-state index contributed by atoms with van der Waals surface area (Å²) in [5.41, 5.74) is 14.5. The van der Waals surface area contributed by atoms with E-state index in [1.54, 1.807) is 0 Å². The largest absolute Gasteiger partial charge is 0.341 e. The first kappa shape index (κ1) is 32.1. The van der Waals surface area contributed by atoms with Crippen LogP contribution in [0.2, 0.25) is 0 Å². The summed E-state index contributed by atoms with van der Waals surface area (Å²) < 4.78 is 2.45. The summed E-state index contributed by atoms with van der Waals surface area (Å²) in [4.78, 5) is 4.84. The van der Waals surface area contributed by atoms with Gasteiger partial charge in [-0.2, -0.15) is 0 Å². The van der Waals surface area contributed by atoms with Gasteiger partial charge < -0.3 is 14.4 Å². The second kappa shape index (κ2) is 12.5. The monoisotopic (exact) mass is 695 g/mol. The fourth-order valence-electron chi connectivity index (χ4n) is 9.00. The van der Waals surface area contributed by atoms with Crippen LogP contribution >= 0.6 is 0 Å². The van der Waals surface area contributed by atoms with Gasteiger partial charge in [-0.3, -0.25) is 0 Å². The van der Waals surface area contributed by atoms with E-state index in [0.29, 0.717) is 0 Å². The Balaban J connectivity index is 1.19. The predicted octanol–water partition coefficient (Wildman–Crippen LogP) is 14.2. The first-order valence-corrected chi connectivity index (χ1v) is 19.0. The SMILES string of the molecule is CCn1c2ccccc2c2ccc(N(c3ccccc3)c3cc4c(c5ccccc35)-c3ccc(N(c5ccccc5)c5ccccc5)cc3C4(C)C)cc21. The van der Waals surface area contributed by atoms with Crippen molar-refractivity contribution in [2.45, 2.75) is 32.7 Å². The smallest absolute Gasteiger partial charge is 0.0543 e. The van der Waals surface area contributed by atoms with E-state index in [1.165, 1.54) is 60.5 Å². The van der Waals surface area contributed by atoms with Crippen molar-refractivity contribution in [1.82, 2.24) is 4.57 Å². The van der Waals surface area contributed by atoms with Gasteiger partial charge >= 0.3 is 0 Å². The summed E-state index contributed by atoms with van der Waals surface area (Å²) in [5.74, 6) is 0. The summed E-state index contributed by atoms with van der Waals surface area (Å²) in [7, 11) is 0. The van der Waals surface area contributed by atoms with Gasteiger partial charge in [0.1, 0.15) is 0 Å². The Morgan fingerprint density at radius 3 is 1.59 bits per heavy atom. The number of fused-ring (bicyclic) bond motifs is 8. The topological polar surface area (TPSA) is 11.4 Å². The maximum Gasteiger partial charge on any atom is 0.0543 e. The molecule has 0 amide bonds. The van der Waals surface area contributed by atoms with Crippen LogP contribution in [0.5, 0.6) is 0 Å². The van der Waals surface area contributed by atoms with Crippen molar-refractivity contribution in [2.24, 2.45) is 0 Å². The summed E-state index contributed by atoms with van der Waals surface area (Å²) in [5, 5.41) is 5.10. The molecule has 260 valence electrons. The highest BCUT2D eigenvalue weighted by molar-refractivity contribution is 6.12. The molecule has 0 radical (unpaired) electrons. The molecule has 1 heterocycles. The normalized spacial score (nSPS) is 12.9. The van der Waals surface area contributed by atoms with Gasteiger partial charge in [0.25, 0.3) is 0 Å². The van der Waals surface area contributed by atoms with Crippen molar-refractivity contribution in [3.05, 3.63) is 193 Å². The second-order valence-corrected chi connectivity index (χ2v) is 14.9. The molecule has 0 bridgehead atoms. The molecule has 1 aliphatic rings. The van der Waals surface area contributed by atoms with E-state index in [-0.39, 0.29) is 5.41 Å². The molecule has 0 atom stereocenters. The van der Waals surface area contributed by atoms with Gasteiger partial charge in [-0.25, -0.2) is 0 Å². The van der Waals surface area contributed by atoms with Crippen LogP contribution in [0.15, 0.2) is 182 Å². The van der Waals surface area contributed by atoms with Crippen LogP contribution in [0.3, 0.4) is 0 Å². The molecule has 8 aromatic carbocycles. The van der Waals surface area contributed by atoms with Crippen LogP contribution in [0.4, 0.5) is 34.1 Å². The van der Waals surface area contributed by atoms with Gasteiger partial charge in [-0.1, -0.05) is 123 Å². The van der Waals surface area contributed by atoms with E-state index in [1.807, 2.05) is 0 Å². The van der Waals surface area contributed by atoms with Gasteiger partial charge in [0, 0.05) is 62.1 Å². The van der Waals surface area contributed by atoms with Crippen LogP contribution in [-0.2, 0) is 12.0 Å². The third-order valence-corrected chi connectivity index (χ3v) is 11.5. The Labute approximate surface area is 317 Å². The molecule has 0 saturated heterocycles. The minimum atomic E-state index is -0.251. The maximum absolute atomic E-state index is 2.48. The standard InChI is InChI=1S/C51H41N3/c1-4-52-47-27-17-16-24-40(47)42-30-28-39(33-48(42)52)54(37-22-12-7-13-23-37)49-34-46-50(43-26-15-14-25-41(43)49)44-31-29-38(32-45(44)51(46,2)3)53(35-18-8-5-9-19-35)36-20-10-6-11-21-36/h5-34H,4H2,1-3H3. The van der Waals surface area contributed by atoms with E-state index in [0.717, 1.165) is 35.0 Å². The lowest BCUT2D eigenvalue weighted by atomic mass is 9.81. The van der Waals surface area contributed by atoms with Crippen molar-refractivity contribution in [3.63, 3.8) is 0 Å². The molecule has 3 nitrogen and oxygen atoms in total. The second-order valence-electron chi connectivity index (χ2n) is 14.9. The van der Waals surface area contributed by atoms with Crippen LogP contribution in [0.1, 0.15) is 31.9 Å². The molecule has 0 N–H and O–H groups in total. The number of benzene rings is 8. The Morgan fingerprint density at radius 2 is 0.944 bits per heavy atom. The molecule has 3 heteroatoms. The van der Waals surface area contributed by atoms with Crippen LogP contribution in [0.25, 0.3) is 43.7 Å². The van der Waals surface area contributed by atoms with Crippen molar-refractivity contribution >= 4 is 66.7 Å². The third-order valence-electron chi connectivity index (χ3n) is 11.5. The molecule has 0 unspecified atom stereocenters. The molecule has 0 aliphatic heterocycles. The molecular weight excluding hydrogens is 655 g/mol. The van der Waals surface area contributed by atoms with E-state index >= 15 is 0 Å². The van der Waals surface area contributed by atoms with E-state index in [4.69, 9.17) is 0 Å². The quantitative estimate of drug-likeness (QED) is 0.164. The van der Waals surface area contributed by atoms with E-state index in [9.17, 15) is 0 Å². The fourth-order valence-corrected chi connectivity index (χ4v) is 9.00. The van der Waals surface area contributed by atoms with E-state index in [2.05, 4.69) is 217 Å². The van der Waals surface area contributed by atoms with Crippen molar-refractivity contribution in [3.8, 4) is 11.1 Å². The van der Waals surface area contributed by atoms with Gasteiger partial charge in [0.15, 0.2) is 0 Å². The molecule has 0 saturated carbocycles. The van der Waals surface area contributed by atoms with Crippen molar-refractivity contribution in [1.29, 1.82) is 0 Å². The zero-order valence-corrected chi connectivity index (χ0v) is 30.9. The molecule has 1 aliphatic carbocycles. The van der Waals surface area contributed by atoms with Gasteiger partial charge in [0.05, 0.1) is 11.2 Å². The maximum atomic E-state index is 2.48. The molecule has 10 rings (SSSR count). The number of aromatic nitrogens is 1. The lowest BCUT2D eigenvalue weighted by Gasteiger charge is -2.30. The number of anilines is 6. The molecule has 9 aromatic rings. The number of para-hydroxylation sites is 4. The lowest BCUT2D eigenvalue weighted by Crippen LogP contribution is -2.18. The Kier molecular flexibility index (Phi) is 7.45. The number of aryl methyl sites for hydroxylation is 1. The first-order valence-electron chi connectivity index (χ1n) is 19.0. The lowest BCUT2D eigenvalue weighted by molar-refractivity contribution is 0.661. The van der Waals surface area contributed by atoms with Gasteiger partial charge in [0.2, 0.25) is 0 Å². The Bertz CT molecular complexity index is 2790. The first-order chi connectivity index (χ1) is 26.5. The van der Waals surface area contributed by atoms with Gasteiger partial charge in [-0.05, 0) is 107 Å². The van der Waals surface area contributed by atoms with Crippen molar-refractivity contribution in [2.75, 3.05) is 9.80 Å². The zero-order chi connectivity index (χ0) is 36.4. The number of hydrogen-bond acceptors (Lipinski definition) is 2. The molecule has 54 heavy (non-hydrogen) atoms. The van der Waals surface area contributed by atoms with Gasteiger partial charge in [-0.15, -0.1) is 0 Å². The predicted molar refractivity (Wildman–Crippen MR) is 230 cm³/mol. The summed E-state index contributed by atoms with van der Waals surface area (Å²) in [6, 6.07) is 66.6. The third kappa shape index (κ3) is 4.89. The average molecular weight is 696 g/mol. The number of rotatable bonds is 7. The minimum absolute atomic E-state index is 0.251. The van der Waals surface area contributed by atoms with Crippen LogP contribution in [0, 0.1) is 0 Å². The van der Waals surface area contributed by atoms with Crippen molar-refractivity contribution < 1.29 is 0 Å². The highest BCUT2D eigenvalue weighted by atomic mass is 15.2. The molecule has 0 spiro atoms. The van der Waals surface area contributed by atoms with Crippen LogP contribution < -0.4 is 9.80 Å². The summed E-state index contributed by atoms with van der Waals surface area (Å²) in [6.07, 6.45) is 0. The minimum Gasteiger partial charge on any atom is -0.341 e.